The van der Waals surface area contributed by atoms with Gasteiger partial charge in [0.2, 0.25) is 15.9 Å². The van der Waals surface area contributed by atoms with Crippen molar-refractivity contribution in [2.24, 2.45) is 0 Å². The average Bonchev–Trinajstić information content (AvgIpc) is 2.61. The fourth-order valence-electron chi connectivity index (χ4n) is 2.10. The minimum atomic E-state index is -3.76. The number of sulfonamides is 1. The number of benzene rings is 2. The second-order valence-corrected chi connectivity index (χ2v) is 8.88. The number of hydrogen-bond acceptors (Lipinski definition) is 4. The molecular weight excluding hydrogens is 424 g/mol. The number of rotatable bonds is 8. The molecule has 25 heavy (non-hydrogen) atoms. The van der Waals surface area contributed by atoms with Crippen molar-refractivity contribution in [3.8, 4) is 0 Å². The van der Waals surface area contributed by atoms with Gasteiger partial charge in [0.25, 0.3) is 0 Å². The van der Waals surface area contributed by atoms with Gasteiger partial charge in [-0.05, 0) is 54.8 Å². The molecule has 8 heteroatoms. The monoisotopic (exact) mass is 442 g/mol. The van der Waals surface area contributed by atoms with Gasteiger partial charge in [0, 0.05) is 10.2 Å². The van der Waals surface area contributed by atoms with E-state index in [4.69, 9.17) is 0 Å². The second kappa shape index (κ2) is 9.38. The van der Waals surface area contributed by atoms with E-state index in [1.807, 2.05) is 6.26 Å². The molecule has 1 amide bonds. The molecule has 0 aliphatic heterocycles. The third-order valence-electron chi connectivity index (χ3n) is 3.39. The average molecular weight is 443 g/mol. The van der Waals surface area contributed by atoms with E-state index in [0.29, 0.717) is 17.9 Å². The molecule has 1 atom stereocenters. The number of thioether (sulfide) groups is 1. The van der Waals surface area contributed by atoms with Gasteiger partial charge in [0.15, 0.2) is 0 Å². The van der Waals surface area contributed by atoms with Crippen molar-refractivity contribution in [2.75, 3.05) is 17.3 Å². The van der Waals surface area contributed by atoms with Gasteiger partial charge in [-0.2, -0.15) is 16.5 Å². The van der Waals surface area contributed by atoms with E-state index in [2.05, 4.69) is 26.0 Å². The fraction of sp³-hybridized carbons (Fsp3) is 0.235. The first-order chi connectivity index (χ1) is 11.9. The molecule has 2 aromatic rings. The Morgan fingerprint density at radius 2 is 1.76 bits per heavy atom. The van der Waals surface area contributed by atoms with E-state index in [1.54, 1.807) is 54.2 Å². The molecular formula is C17H19BrN2O3S2. The van der Waals surface area contributed by atoms with Crippen molar-refractivity contribution in [1.82, 2.24) is 4.72 Å². The summed E-state index contributed by atoms with van der Waals surface area (Å²) in [6, 6.07) is 14.3. The summed E-state index contributed by atoms with van der Waals surface area (Å²) in [5.41, 5.74) is 0.612. The van der Waals surface area contributed by atoms with Crippen LogP contribution >= 0.6 is 27.7 Å². The molecule has 0 bridgehead atoms. The molecule has 2 aromatic carbocycles. The molecule has 134 valence electrons. The van der Waals surface area contributed by atoms with E-state index < -0.39 is 16.1 Å². The highest BCUT2D eigenvalue weighted by Crippen LogP contribution is 2.16. The number of carbonyl (C=O) groups excluding carboxylic acids is 1. The summed E-state index contributed by atoms with van der Waals surface area (Å²) >= 11 is 4.89. The van der Waals surface area contributed by atoms with Crippen LogP contribution in [0.5, 0.6) is 0 Å². The van der Waals surface area contributed by atoms with E-state index in [0.717, 1.165) is 4.47 Å². The summed E-state index contributed by atoms with van der Waals surface area (Å²) in [4.78, 5) is 12.7. The van der Waals surface area contributed by atoms with Crippen LogP contribution in [0.4, 0.5) is 5.69 Å². The molecule has 0 saturated carbocycles. The van der Waals surface area contributed by atoms with Crippen molar-refractivity contribution >= 4 is 49.3 Å². The normalized spacial score (nSPS) is 12.6. The predicted molar refractivity (Wildman–Crippen MR) is 106 cm³/mol. The molecule has 0 aliphatic rings. The molecule has 1 unspecified atom stereocenters. The highest BCUT2D eigenvalue weighted by molar-refractivity contribution is 9.10. The number of nitrogens with one attached hydrogen (secondary N) is 2. The maximum atomic E-state index is 12.6. The van der Waals surface area contributed by atoms with Crippen LogP contribution < -0.4 is 10.0 Å². The zero-order chi connectivity index (χ0) is 18.3. The van der Waals surface area contributed by atoms with E-state index >= 15 is 0 Å². The zero-order valence-corrected chi connectivity index (χ0v) is 16.8. The molecule has 0 saturated heterocycles. The first-order valence-electron chi connectivity index (χ1n) is 7.55. The molecule has 0 aliphatic carbocycles. The Morgan fingerprint density at radius 1 is 1.12 bits per heavy atom. The second-order valence-electron chi connectivity index (χ2n) is 5.26. The van der Waals surface area contributed by atoms with E-state index in [-0.39, 0.29) is 10.8 Å². The standard InChI is InChI=1S/C17H19BrN2O3S2/c1-24-12-11-16(17(21)19-14-9-7-13(18)8-10-14)20-25(22,23)15-5-3-2-4-6-15/h2-10,16,20H,11-12H2,1H3,(H,19,21). The summed E-state index contributed by atoms with van der Waals surface area (Å²) in [7, 11) is -3.76. The third kappa shape index (κ3) is 6.14. The number of halogens is 1. The number of carbonyl (C=O) groups is 1. The molecule has 5 nitrogen and oxygen atoms in total. The molecule has 0 fully saturated rings. The summed E-state index contributed by atoms with van der Waals surface area (Å²) in [5, 5.41) is 2.76. The lowest BCUT2D eigenvalue weighted by atomic mass is 10.2. The van der Waals surface area contributed by atoms with Crippen molar-refractivity contribution in [3.63, 3.8) is 0 Å². The molecule has 2 rings (SSSR count). The van der Waals surface area contributed by atoms with E-state index in [1.165, 1.54) is 12.1 Å². The largest absolute Gasteiger partial charge is 0.325 e. The third-order valence-corrected chi connectivity index (χ3v) is 6.05. The van der Waals surface area contributed by atoms with Crippen LogP contribution in [0.2, 0.25) is 0 Å². The zero-order valence-electron chi connectivity index (χ0n) is 13.6. The Balaban J connectivity index is 2.14. The summed E-state index contributed by atoms with van der Waals surface area (Å²) in [6.45, 7) is 0. The van der Waals surface area contributed by atoms with Gasteiger partial charge in [0.05, 0.1) is 4.90 Å². The number of amides is 1. The van der Waals surface area contributed by atoms with Gasteiger partial charge >= 0.3 is 0 Å². The Labute approximate surface area is 160 Å². The lowest BCUT2D eigenvalue weighted by molar-refractivity contribution is -0.117. The lowest BCUT2D eigenvalue weighted by Crippen LogP contribution is -2.44. The summed E-state index contributed by atoms with van der Waals surface area (Å²) in [6.07, 6.45) is 2.31. The van der Waals surface area contributed by atoms with Crippen LogP contribution in [0.15, 0.2) is 64.0 Å². The topological polar surface area (TPSA) is 75.3 Å². The Kier molecular flexibility index (Phi) is 7.49. The molecule has 0 heterocycles. The van der Waals surface area contributed by atoms with Gasteiger partial charge in [-0.1, -0.05) is 34.1 Å². The van der Waals surface area contributed by atoms with Gasteiger partial charge in [-0.3, -0.25) is 4.79 Å². The fourth-order valence-corrected chi connectivity index (χ4v) is 4.08. The quantitative estimate of drug-likeness (QED) is 0.655. The van der Waals surface area contributed by atoms with Crippen molar-refractivity contribution < 1.29 is 13.2 Å². The Morgan fingerprint density at radius 3 is 2.36 bits per heavy atom. The molecule has 0 radical (unpaired) electrons. The summed E-state index contributed by atoms with van der Waals surface area (Å²) < 4.78 is 28.4. The van der Waals surface area contributed by atoms with Crippen molar-refractivity contribution in [1.29, 1.82) is 0 Å². The smallest absolute Gasteiger partial charge is 0.242 e. The maximum absolute atomic E-state index is 12.6. The minimum Gasteiger partial charge on any atom is -0.325 e. The highest BCUT2D eigenvalue weighted by Gasteiger charge is 2.25. The minimum absolute atomic E-state index is 0.139. The first kappa shape index (κ1) is 20.0. The number of hydrogen-bond donors (Lipinski definition) is 2. The van der Waals surface area contributed by atoms with E-state index in [9.17, 15) is 13.2 Å². The van der Waals surface area contributed by atoms with Crippen LogP contribution in [0.25, 0.3) is 0 Å². The highest BCUT2D eigenvalue weighted by atomic mass is 79.9. The first-order valence-corrected chi connectivity index (χ1v) is 11.2. The number of anilines is 1. The van der Waals surface area contributed by atoms with Gasteiger partial charge < -0.3 is 5.32 Å². The van der Waals surface area contributed by atoms with Crippen LogP contribution in [0.3, 0.4) is 0 Å². The molecule has 0 aromatic heterocycles. The van der Waals surface area contributed by atoms with Crippen LogP contribution in [-0.4, -0.2) is 32.4 Å². The lowest BCUT2D eigenvalue weighted by Gasteiger charge is -2.18. The molecule has 0 spiro atoms. The molecule has 2 N–H and O–H groups in total. The van der Waals surface area contributed by atoms with Gasteiger partial charge in [-0.15, -0.1) is 0 Å². The maximum Gasteiger partial charge on any atom is 0.242 e. The Bertz CT molecular complexity index is 796. The van der Waals surface area contributed by atoms with Crippen LogP contribution in [0, 0.1) is 0 Å². The van der Waals surface area contributed by atoms with Crippen molar-refractivity contribution in [3.05, 3.63) is 59.1 Å². The van der Waals surface area contributed by atoms with Crippen molar-refractivity contribution in [2.45, 2.75) is 17.4 Å². The summed E-state index contributed by atoms with van der Waals surface area (Å²) in [5.74, 6) is 0.284. The van der Waals surface area contributed by atoms with Crippen LogP contribution in [0.1, 0.15) is 6.42 Å². The van der Waals surface area contributed by atoms with Gasteiger partial charge in [0.1, 0.15) is 6.04 Å². The van der Waals surface area contributed by atoms with Crippen LogP contribution in [-0.2, 0) is 14.8 Å². The van der Waals surface area contributed by atoms with Gasteiger partial charge in [-0.25, -0.2) is 8.42 Å². The predicted octanol–water partition coefficient (Wildman–Crippen LogP) is 3.49. The SMILES string of the molecule is CSCCC(NS(=O)(=O)c1ccccc1)C(=O)Nc1ccc(Br)cc1. The Hall–Kier alpha value is -1.35.